The lowest BCUT2D eigenvalue weighted by Gasteiger charge is -2.15. The topological polar surface area (TPSA) is 25.8 Å². The van der Waals surface area contributed by atoms with E-state index in [2.05, 4.69) is 70.6 Å². The SMILES string of the molecule is Brc1cccc(-c2cc(-c3ccccc3)nc(C3C=CC=CC3)n2)c1. The van der Waals surface area contributed by atoms with Crippen molar-refractivity contribution in [2.45, 2.75) is 12.3 Å². The molecular formula is C22H17BrN2. The Balaban J connectivity index is 1.86. The second-order valence-corrected chi connectivity index (χ2v) is 6.94. The molecule has 0 bridgehead atoms. The third-order valence-corrected chi connectivity index (χ3v) is 4.74. The predicted molar refractivity (Wildman–Crippen MR) is 106 cm³/mol. The van der Waals surface area contributed by atoms with Crippen LogP contribution in [0.15, 0.2) is 89.4 Å². The highest BCUT2D eigenvalue weighted by Crippen LogP contribution is 2.29. The van der Waals surface area contributed by atoms with Gasteiger partial charge in [-0.1, -0.05) is 82.7 Å². The van der Waals surface area contributed by atoms with Crippen molar-refractivity contribution < 1.29 is 0 Å². The van der Waals surface area contributed by atoms with Crippen molar-refractivity contribution in [3.05, 3.63) is 95.3 Å². The van der Waals surface area contributed by atoms with Gasteiger partial charge in [0.15, 0.2) is 0 Å². The molecule has 1 atom stereocenters. The summed E-state index contributed by atoms with van der Waals surface area (Å²) < 4.78 is 1.05. The minimum absolute atomic E-state index is 0.222. The number of hydrogen-bond donors (Lipinski definition) is 0. The van der Waals surface area contributed by atoms with Gasteiger partial charge < -0.3 is 0 Å². The summed E-state index contributed by atoms with van der Waals surface area (Å²) in [5.41, 5.74) is 4.11. The van der Waals surface area contributed by atoms with Crippen molar-refractivity contribution in [1.29, 1.82) is 0 Å². The molecule has 2 nitrogen and oxygen atoms in total. The van der Waals surface area contributed by atoms with Gasteiger partial charge in [-0.25, -0.2) is 9.97 Å². The number of rotatable bonds is 3. The predicted octanol–water partition coefficient (Wildman–Crippen LogP) is 6.17. The average Bonchev–Trinajstić information content (AvgIpc) is 2.69. The van der Waals surface area contributed by atoms with E-state index >= 15 is 0 Å². The monoisotopic (exact) mass is 388 g/mol. The van der Waals surface area contributed by atoms with Gasteiger partial charge in [-0.3, -0.25) is 0 Å². The van der Waals surface area contributed by atoms with Gasteiger partial charge in [0.1, 0.15) is 5.82 Å². The van der Waals surface area contributed by atoms with Gasteiger partial charge in [0, 0.05) is 21.5 Å². The molecule has 4 rings (SSSR count). The molecular weight excluding hydrogens is 372 g/mol. The van der Waals surface area contributed by atoms with E-state index in [1.165, 1.54) is 0 Å². The Labute approximate surface area is 156 Å². The van der Waals surface area contributed by atoms with Crippen LogP contribution < -0.4 is 0 Å². The van der Waals surface area contributed by atoms with Gasteiger partial charge in [0.05, 0.1) is 11.4 Å². The Kier molecular flexibility index (Phi) is 4.57. The maximum atomic E-state index is 4.88. The third kappa shape index (κ3) is 3.62. The number of halogens is 1. The first-order chi connectivity index (χ1) is 12.3. The summed E-state index contributed by atoms with van der Waals surface area (Å²) in [5.74, 6) is 1.09. The minimum atomic E-state index is 0.222. The smallest absolute Gasteiger partial charge is 0.136 e. The molecule has 0 saturated heterocycles. The second-order valence-electron chi connectivity index (χ2n) is 6.03. The van der Waals surface area contributed by atoms with Crippen molar-refractivity contribution in [3.8, 4) is 22.5 Å². The molecule has 0 saturated carbocycles. The normalized spacial score (nSPS) is 16.1. The fourth-order valence-corrected chi connectivity index (χ4v) is 3.36. The van der Waals surface area contributed by atoms with Crippen LogP contribution in [-0.2, 0) is 0 Å². The Hall–Kier alpha value is -2.52. The Morgan fingerprint density at radius 2 is 1.56 bits per heavy atom. The largest absolute Gasteiger partial charge is 0.232 e. The van der Waals surface area contributed by atoms with E-state index in [9.17, 15) is 0 Å². The first-order valence-corrected chi connectivity index (χ1v) is 9.12. The van der Waals surface area contributed by atoms with Gasteiger partial charge in [-0.05, 0) is 24.6 Å². The lowest BCUT2D eigenvalue weighted by atomic mass is 9.99. The van der Waals surface area contributed by atoms with Crippen LogP contribution in [0.1, 0.15) is 18.2 Å². The van der Waals surface area contributed by atoms with Crippen molar-refractivity contribution in [2.75, 3.05) is 0 Å². The number of nitrogens with zero attached hydrogens (tertiary/aromatic N) is 2. The molecule has 1 aliphatic rings. The molecule has 0 spiro atoms. The molecule has 1 unspecified atom stereocenters. The van der Waals surface area contributed by atoms with Gasteiger partial charge in [-0.15, -0.1) is 0 Å². The van der Waals surface area contributed by atoms with Gasteiger partial charge >= 0.3 is 0 Å². The van der Waals surface area contributed by atoms with E-state index in [0.29, 0.717) is 0 Å². The van der Waals surface area contributed by atoms with Crippen molar-refractivity contribution in [1.82, 2.24) is 9.97 Å². The highest BCUT2D eigenvalue weighted by Gasteiger charge is 2.15. The van der Waals surface area contributed by atoms with Crippen LogP contribution in [0.25, 0.3) is 22.5 Å². The molecule has 3 heteroatoms. The van der Waals surface area contributed by atoms with Crippen LogP contribution in [-0.4, -0.2) is 9.97 Å². The van der Waals surface area contributed by atoms with Crippen LogP contribution in [0, 0.1) is 0 Å². The summed E-state index contributed by atoms with van der Waals surface area (Å²) in [6.45, 7) is 0. The van der Waals surface area contributed by atoms with Gasteiger partial charge in [-0.2, -0.15) is 0 Å². The van der Waals surface area contributed by atoms with E-state index in [4.69, 9.17) is 9.97 Å². The second kappa shape index (κ2) is 7.16. The molecule has 25 heavy (non-hydrogen) atoms. The summed E-state index contributed by atoms with van der Waals surface area (Å²) >= 11 is 3.55. The number of benzene rings is 2. The highest BCUT2D eigenvalue weighted by atomic mass is 79.9. The number of hydrogen-bond acceptors (Lipinski definition) is 2. The minimum Gasteiger partial charge on any atom is -0.232 e. The highest BCUT2D eigenvalue weighted by molar-refractivity contribution is 9.10. The Bertz CT molecular complexity index is 945. The molecule has 1 heterocycles. The van der Waals surface area contributed by atoms with Crippen LogP contribution in [0.5, 0.6) is 0 Å². The van der Waals surface area contributed by atoms with Crippen LogP contribution in [0.4, 0.5) is 0 Å². The molecule has 122 valence electrons. The van der Waals surface area contributed by atoms with Gasteiger partial charge in [0.2, 0.25) is 0 Å². The Morgan fingerprint density at radius 1 is 0.800 bits per heavy atom. The molecule has 0 radical (unpaired) electrons. The third-order valence-electron chi connectivity index (χ3n) is 4.25. The summed E-state index contributed by atoms with van der Waals surface area (Å²) in [5, 5.41) is 0. The van der Waals surface area contributed by atoms with Crippen molar-refractivity contribution >= 4 is 15.9 Å². The summed E-state index contributed by atoms with van der Waals surface area (Å²) in [6, 6.07) is 20.6. The molecule has 0 N–H and O–H groups in total. The first-order valence-electron chi connectivity index (χ1n) is 8.33. The maximum Gasteiger partial charge on any atom is 0.136 e. The average molecular weight is 389 g/mol. The van der Waals surface area contributed by atoms with Crippen molar-refractivity contribution in [3.63, 3.8) is 0 Å². The first kappa shape index (κ1) is 16.0. The fraction of sp³-hybridized carbons (Fsp3) is 0.0909. The fourth-order valence-electron chi connectivity index (χ4n) is 2.96. The van der Waals surface area contributed by atoms with Gasteiger partial charge in [0.25, 0.3) is 0 Å². The quantitative estimate of drug-likeness (QED) is 0.535. The molecule has 2 aromatic carbocycles. The summed E-state index contributed by atoms with van der Waals surface area (Å²) in [6.07, 6.45) is 9.43. The molecule has 1 aromatic heterocycles. The lowest BCUT2D eigenvalue weighted by molar-refractivity contribution is 0.775. The molecule has 0 fully saturated rings. The van der Waals surface area contributed by atoms with Crippen LogP contribution in [0.3, 0.4) is 0 Å². The van der Waals surface area contributed by atoms with Crippen LogP contribution in [0.2, 0.25) is 0 Å². The van der Waals surface area contributed by atoms with E-state index in [1.54, 1.807) is 0 Å². The van der Waals surface area contributed by atoms with Crippen LogP contribution >= 0.6 is 15.9 Å². The summed E-state index contributed by atoms with van der Waals surface area (Å²) in [4.78, 5) is 9.74. The standard InChI is InChI=1S/C22H17BrN2/c23-19-13-7-12-18(14-19)21-15-20(16-8-3-1-4-9-16)24-22(25-21)17-10-5-2-6-11-17/h1-10,12-15,17H,11H2. The summed E-state index contributed by atoms with van der Waals surface area (Å²) in [7, 11) is 0. The van der Waals surface area contributed by atoms with Crippen molar-refractivity contribution in [2.24, 2.45) is 0 Å². The molecule has 0 amide bonds. The zero-order valence-corrected chi connectivity index (χ0v) is 15.2. The van der Waals surface area contributed by atoms with E-state index in [0.717, 1.165) is 39.2 Å². The molecule has 1 aliphatic carbocycles. The molecule has 3 aromatic rings. The molecule has 0 aliphatic heterocycles. The van der Waals surface area contributed by atoms with E-state index in [1.807, 2.05) is 30.3 Å². The maximum absolute atomic E-state index is 4.88. The zero-order chi connectivity index (χ0) is 17.1. The number of aromatic nitrogens is 2. The number of allylic oxidation sites excluding steroid dienone is 4. The zero-order valence-electron chi connectivity index (χ0n) is 13.6. The Morgan fingerprint density at radius 3 is 2.28 bits per heavy atom. The lowest BCUT2D eigenvalue weighted by Crippen LogP contribution is -2.05. The van der Waals surface area contributed by atoms with E-state index in [-0.39, 0.29) is 5.92 Å². The van der Waals surface area contributed by atoms with E-state index < -0.39 is 0 Å².